The monoisotopic (exact) mass is 302 g/mol. The molecule has 2 aromatic rings. The van der Waals surface area contributed by atoms with Gasteiger partial charge in [0.1, 0.15) is 24.7 Å². The summed E-state index contributed by atoms with van der Waals surface area (Å²) in [6, 6.07) is 9.36. The van der Waals surface area contributed by atoms with Gasteiger partial charge in [0.15, 0.2) is 0 Å². The lowest BCUT2D eigenvalue weighted by atomic mass is 9.87. The smallest absolute Gasteiger partial charge is 0.226 e. The van der Waals surface area contributed by atoms with Crippen LogP contribution in [0.4, 0.5) is 0 Å². The summed E-state index contributed by atoms with van der Waals surface area (Å²) in [6.07, 6.45) is 1.36. The Bertz CT molecular complexity index is 663. The van der Waals surface area contributed by atoms with E-state index in [-0.39, 0.29) is 23.2 Å². The summed E-state index contributed by atoms with van der Waals surface area (Å²) >= 11 is 0. The Balaban J connectivity index is 1.86. The molecule has 2 rings (SSSR count). The first-order valence-electron chi connectivity index (χ1n) is 7.32. The fourth-order valence-corrected chi connectivity index (χ4v) is 2.03. The first-order valence-corrected chi connectivity index (χ1v) is 7.32. The summed E-state index contributed by atoms with van der Waals surface area (Å²) in [4.78, 5) is 11.6. The summed E-state index contributed by atoms with van der Waals surface area (Å²) in [7, 11) is 0. The van der Waals surface area contributed by atoms with Crippen molar-refractivity contribution in [3.05, 3.63) is 58.1 Å². The van der Waals surface area contributed by atoms with Crippen molar-refractivity contribution >= 4 is 0 Å². The van der Waals surface area contributed by atoms with Crippen LogP contribution in [-0.2, 0) is 5.41 Å². The van der Waals surface area contributed by atoms with Crippen molar-refractivity contribution in [1.82, 2.24) is 0 Å². The Hall–Kier alpha value is -2.23. The highest BCUT2D eigenvalue weighted by molar-refractivity contribution is 5.31. The van der Waals surface area contributed by atoms with Gasteiger partial charge in [-0.1, -0.05) is 32.9 Å². The van der Waals surface area contributed by atoms with Gasteiger partial charge in [0.2, 0.25) is 11.2 Å². The van der Waals surface area contributed by atoms with Crippen molar-refractivity contribution in [2.75, 3.05) is 13.2 Å². The number of hydrogen-bond donors (Lipinski definition) is 0. The molecular formula is C18H22O4. The maximum absolute atomic E-state index is 11.6. The van der Waals surface area contributed by atoms with Crippen LogP contribution in [0.1, 0.15) is 32.1 Å². The lowest BCUT2D eigenvalue weighted by Crippen LogP contribution is -2.15. The van der Waals surface area contributed by atoms with E-state index in [2.05, 4.69) is 32.9 Å². The molecule has 4 heteroatoms. The highest BCUT2D eigenvalue weighted by Gasteiger charge is 2.13. The molecule has 4 nitrogen and oxygen atoms in total. The topological polar surface area (TPSA) is 48.7 Å². The predicted octanol–water partition coefficient (Wildman–Crippen LogP) is 3.70. The Labute approximate surface area is 130 Å². The maximum atomic E-state index is 11.6. The molecule has 0 unspecified atom stereocenters. The first-order chi connectivity index (χ1) is 10.4. The number of benzene rings is 1. The average molecular weight is 302 g/mol. The summed E-state index contributed by atoms with van der Waals surface area (Å²) < 4.78 is 16.2. The molecule has 0 radical (unpaired) electrons. The minimum atomic E-state index is -0.182. The van der Waals surface area contributed by atoms with Gasteiger partial charge < -0.3 is 13.9 Å². The molecule has 0 saturated carbocycles. The SMILES string of the molecule is Cc1occc(=O)c1OCCOc1ccc(C(C)(C)C)cc1. The van der Waals surface area contributed by atoms with E-state index < -0.39 is 0 Å². The van der Waals surface area contributed by atoms with E-state index in [0.717, 1.165) is 5.75 Å². The molecule has 0 amide bonds. The second kappa shape index (κ2) is 6.69. The molecule has 0 aliphatic carbocycles. The zero-order valence-corrected chi connectivity index (χ0v) is 13.5. The highest BCUT2D eigenvalue weighted by atomic mass is 16.5. The van der Waals surface area contributed by atoms with Gasteiger partial charge in [-0.3, -0.25) is 4.79 Å². The standard InChI is InChI=1S/C18H22O4/c1-13-17(16(19)9-10-20-13)22-12-11-21-15-7-5-14(6-8-15)18(2,3)4/h5-10H,11-12H2,1-4H3. The molecule has 22 heavy (non-hydrogen) atoms. The fourth-order valence-electron chi connectivity index (χ4n) is 2.03. The molecule has 1 aromatic carbocycles. The van der Waals surface area contributed by atoms with Crippen LogP contribution in [0, 0.1) is 6.92 Å². The third-order valence-corrected chi connectivity index (χ3v) is 3.33. The maximum Gasteiger partial charge on any atom is 0.226 e. The van der Waals surface area contributed by atoms with Gasteiger partial charge in [0.25, 0.3) is 0 Å². The van der Waals surface area contributed by atoms with Gasteiger partial charge in [-0.05, 0) is 30.0 Å². The predicted molar refractivity (Wildman–Crippen MR) is 85.8 cm³/mol. The molecule has 0 spiro atoms. The third kappa shape index (κ3) is 4.13. The highest BCUT2D eigenvalue weighted by Crippen LogP contribution is 2.24. The van der Waals surface area contributed by atoms with E-state index in [1.807, 2.05) is 12.1 Å². The van der Waals surface area contributed by atoms with Gasteiger partial charge in [-0.25, -0.2) is 0 Å². The number of rotatable bonds is 5. The van der Waals surface area contributed by atoms with Crippen molar-refractivity contribution in [2.45, 2.75) is 33.1 Å². The van der Waals surface area contributed by atoms with Crippen molar-refractivity contribution < 1.29 is 13.9 Å². The van der Waals surface area contributed by atoms with Crippen molar-refractivity contribution in [2.24, 2.45) is 0 Å². The molecule has 0 aliphatic rings. The van der Waals surface area contributed by atoms with Gasteiger partial charge in [0, 0.05) is 6.07 Å². The largest absolute Gasteiger partial charge is 0.490 e. The Kier molecular flexibility index (Phi) is 4.91. The van der Waals surface area contributed by atoms with Crippen LogP contribution < -0.4 is 14.9 Å². The van der Waals surface area contributed by atoms with Crippen LogP contribution in [0.15, 0.2) is 45.8 Å². The third-order valence-electron chi connectivity index (χ3n) is 3.33. The molecule has 0 fully saturated rings. The van der Waals surface area contributed by atoms with Gasteiger partial charge >= 0.3 is 0 Å². The van der Waals surface area contributed by atoms with Crippen LogP contribution in [0.2, 0.25) is 0 Å². The lowest BCUT2D eigenvalue weighted by Gasteiger charge is -2.19. The van der Waals surface area contributed by atoms with Crippen molar-refractivity contribution in [1.29, 1.82) is 0 Å². The second-order valence-electron chi connectivity index (χ2n) is 6.14. The first kappa shape index (κ1) is 16.1. The minimum absolute atomic E-state index is 0.126. The number of ether oxygens (including phenoxy) is 2. The van der Waals surface area contributed by atoms with Gasteiger partial charge in [-0.15, -0.1) is 0 Å². The van der Waals surface area contributed by atoms with Crippen LogP contribution in [0.25, 0.3) is 0 Å². The fraction of sp³-hybridized carbons (Fsp3) is 0.389. The van der Waals surface area contributed by atoms with Crippen LogP contribution in [0.5, 0.6) is 11.5 Å². The van der Waals surface area contributed by atoms with Crippen molar-refractivity contribution in [3.8, 4) is 11.5 Å². The van der Waals surface area contributed by atoms with Crippen LogP contribution in [-0.4, -0.2) is 13.2 Å². The summed E-state index contributed by atoms with van der Waals surface area (Å²) in [5.41, 5.74) is 1.20. The minimum Gasteiger partial charge on any atom is -0.490 e. The molecule has 0 N–H and O–H groups in total. The molecule has 1 aromatic heterocycles. The average Bonchev–Trinajstić information content (AvgIpc) is 2.45. The van der Waals surface area contributed by atoms with E-state index in [0.29, 0.717) is 12.4 Å². The summed E-state index contributed by atoms with van der Waals surface area (Å²) in [5, 5.41) is 0. The molecule has 1 heterocycles. The van der Waals surface area contributed by atoms with E-state index in [1.54, 1.807) is 6.92 Å². The molecule has 0 bridgehead atoms. The second-order valence-corrected chi connectivity index (χ2v) is 6.14. The van der Waals surface area contributed by atoms with E-state index >= 15 is 0 Å². The van der Waals surface area contributed by atoms with Crippen LogP contribution in [0.3, 0.4) is 0 Å². The van der Waals surface area contributed by atoms with Crippen molar-refractivity contribution in [3.63, 3.8) is 0 Å². The van der Waals surface area contributed by atoms with Crippen LogP contribution >= 0.6 is 0 Å². The zero-order valence-electron chi connectivity index (χ0n) is 13.5. The van der Waals surface area contributed by atoms with E-state index in [4.69, 9.17) is 13.9 Å². The molecule has 0 saturated heterocycles. The van der Waals surface area contributed by atoms with E-state index in [9.17, 15) is 4.79 Å². The van der Waals surface area contributed by atoms with E-state index in [1.165, 1.54) is 17.9 Å². The summed E-state index contributed by atoms with van der Waals surface area (Å²) in [6.45, 7) is 8.86. The molecule has 0 aliphatic heterocycles. The normalized spacial score (nSPS) is 11.3. The summed E-state index contributed by atoms with van der Waals surface area (Å²) in [5.74, 6) is 1.50. The quantitative estimate of drug-likeness (QED) is 0.790. The van der Waals surface area contributed by atoms with Gasteiger partial charge in [-0.2, -0.15) is 0 Å². The zero-order chi connectivity index (χ0) is 16.2. The Morgan fingerprint density at radius 2 is 1.64 bits per heavy atom. The van der Waals surface area contributed by atoms with Gasteiger partial charge in [0.05, 0.1) is 6.26 Å². The lowest BCUT2D eigenvalue weighted by molar-refractivity contribution is 0.210. The Morgan fingerprint density at radius 3 is 2.23 bits per heavy atom. The molecule has 118 valence electrons. The molecule has 0 atom stereocenters. The molecular weight excluding hydrogens is 280 g/mol. The number of aryl methyl sites for hydroxylation is 1. The Morgan fingerprint density at radius 1 is 1.00 bits per heavy atom. The number of hydrogen-bond acceptors (Lipinski definition) is 4.